The van der Waals surface area contributed by atoms with E-state index in [0.717, 1.165) is 33.9 Å². The number of aryl methyl sites for hydroxylation is 1. The summed E-state index contributed by atoms with van der Waals surface area (Å²) in [6, 6.07) is 21.6. The highest BCUT2D eigenvalue weighted by Crippen LogP contribution is 2.32. The number of alkyl halides is 3. The first kappa shape index (κ1) is 37.6. The van der Waals surface area contributed by atoms with Gasteiger partial charge in [0.2, 0.25) is 5.89 Å². The van der Waals surface area contributed by atoms with Gasteiger partial charge < -0.3 is 18.6 Å². The molecule has 4 rings (SSSR count). The summed E-state index contributed by atoms with van der Waals surface area (Å²) in [5, 5.41) is 0.812. The number of hydrogen-bond acceptors (Lipinski definition) is 8. The monoisotopic (exact) mass is 694 g/mol. The van der Waals surface area contributed by atoms with Gasteiger partial charge in [0.15, 0.2) is 0 Å². The van der Waals surface area contributed by atoms with Crippen LogP contribution < -0.4 is 4.74 Å². The molecule has 0 N–H and O–H groups in total. The third-order valence-electron chi connectivity index (χ3n) is 6.84. The van der Waals surface area contributed by atoms with E-state index in [0.29, 0.717) is 29.2 Å². The van der Waals surface area contributed by atoms with Crippen LogP contribution in [-0.2, 0) is 33.5 Å². The molecule has 12 heteroatoms. The number of carbonyl (C=O) groups is 2. The molecule has 9 nitrogen and oxygen atoms in total. The Hall–Kier alpha value is -5.26. The number of aromatic nitrogens is 1. The fraction of sp³-hybridized carbons (Fsp3) is 0.342. The minimum Gasteiger partial charge on any atom is -0.487 e. The van der Waals surface area contributed by atoms with Crippen LogP contribution in [0.15, 0.2) is 89.4 Å². The van der Waals surface area contributed by atoms with Crippen molar-refractivity contribution in [2.45, 2.75) is 78.9 Å². The number of benzene rings is 3. The zero-order valence-corrected chi connectivity index (χ0v) is 29.1. The minimum atomic E-state index is -4.44. The quantitative estimate of drug-likeness (QED) is 0.126. The van der Waals surface area contributed by atoms with E-state index < -0.39 is 35.2 Å². The summed E-state index contributed by atoms with van der Waals surface area (Å²) in [6.07, 6.45) is -4.13. The molecular formula is C38H41F3N2O7. The standard InChI is InChI=1S/C38H41F3N2O7/c1-25-32(42-33(47-25)27-16-18-30(19-17-27)38(39,40)41)24-46-31-15-11-14-28(23-31)29(22-26-12-9-8-10-13-26)20-21-43(34(44)48-36(2,3)4)50-35(45)49-37(5,6)7/h8-20,23H,21-22,24H2,1-7H3/b29-20+. The van der Waals surface area contributed by atoms with Gasteiger partial charge >= 0.3 is 18.4 Å². The van der Waals surface area contributed by atoms with E-state index in [2.05, 4.69) is 4.98 Å². The molecule has 1 amide bonds. The normalized spacial score (nSPS) is 12.3. The van der Waals surface area contributed by atoms with Gasteiger partial charge in [-0.1, -0.05) is 48.5 Å². The van der Waals surface area contributed by atoms with E-state index >= 15 is 0 Å². The van der Waals surface area contributed by atoms with Gasteiger partial charge in [0.05, 0.1) is 12.1 Å². The molecule has 0 saturated carbocycles. The zero-order valence-electron chi connectivity index (χ0n) is 29.1. The Labute approximate surface area is 289 Å². The second-order valence-corrected chi connectivity index (χ2v) is 13.4. The number of amides is 1. The van der Waals surface area contributed by atoms with Crippen molar-refractivity contribution in [2.24, 2.45) is 0 Å². The van der Waals surface area contributed by atoms with E-state index in [-0.39, 0.29) is 19.0 Å². The number of carbonyl (C=O) groups excluding carboxylic acids is 2. The van der Waals surface area contributed by atoms with E-state index in [1.165, 1.54) is 12.1 Å². The Bertz CT molecular complexity index is 1790. The van der Waals surface area contributed by atoms with Crippen LogP contribution >= 0.6 is 0 Å². The Morgan fingerprint density at radius 1 is 0.860 bits per heavy atom. The molecule has 1 aromatic heterocycles. The van der Waals surface area contributed by atoms with Crippen molar-refractivity contribution in [1.82, 2.24) is 10.0 Å². The van der Waals surface area contributed by atoms with Gasteiger partial charge in [0.1, 0.15) is 35.0 Å². The molecule has 3 aromatic carbocycles. The first-order valence-electron chi connectivity index (χ1n) is 15.9. The number of rotatable bonds is 9. The van der Waals surface area contributed by atoms with Crippen LogP contribution in [0.5, 0.6) is 5.75 Å². The van der Waals surface area contributed by atoms with Crippen LogP contribution in [0, 0.1) is 6.92 Å². The number of allylic oxidation sites excluding steroid dienone is 1. The lowest BCUT2D eigenvalue weighted by molar-refractivity contribution is -0.137. The number of ether oxygens (including phenoxy) is 3. The topological polar surface area (TPSA) is 100 Å². The highest BCUT2D eigenvalue weighted by atomic mass is 19.4. The van der Waals surface area contributed by atoms with E-state index in [9.17, 15) is 22.8 Å². The van der Waals surface area contributed by atoms with Gasteiger partial charge in [-0.05, 0) is 108 Å². The molecule has 0 fully saturated rings. The van der Waals surface area contributed by atoms with Crippen molar-refractivity contribution >= 4 is 17.8 Å². The van der Waals surface area contributed by atoms with Gasteiger partial charge in [-0.3, -0.25) is 4.84 Å². The maximum atomic E-state index is 13.1. The van der Waals surface area contributed by atoms with Crippen molar-refractivity contribution in [1.29, 1.82) is 0 Å². The molecule has 0 radical (unpaired) electrons. The molecule has 4 aromatic rings. The van der Waals surface area contributed by atoms with E-state index in [1.54, 1.807) is 60.6 Å². The Morgan fingerprint density at radius 2 is 1.52 bits per heavy atom. The fourth-order valence-corrected chi connectivity index (χ4v) is 4.55. The average molecular weight is 695 g/mol. The van der Waals surface area contributed by atoms with Gasteiger partial charge in [-0.25, -0.2) is 14.6 Å². The molecule has 0 aliphatic rings. The van der Waals surface area contributed by atoms with Crippen LogP contribution in [0.4, 0.5) is 22.8 Å². The molecule has 0 aliphatic carbocycles. The van der Waals surface area contributed by atoms with E-state index in [1.807, 2.05) is 48.5 Å². The molecule has 0 spiro atoms. The smallest absolute Gasteiger partial charge is 0.487 e. The van der Waals surface area contributed by atoms with Crippen LogP contribution in [0.1, 0.15) is 69.7 Å². The summed E-state index contributed by atoms with van der Waals surface area (Å²) in [6.45, 7) is 11.7. The number of nitrogens with zero attached hydrogens (tertiary/aromatic N) is 2. The first-order chi connectivity index (χ1) is 23.4. The molecule has 0 aliphatic heterocycles. The molecule has 1 heterocycles. The van der Waals surface area contributed by atoms with Crippen molar-refractivity contribution in [3.05, 3.63) is 113 Å². The summed E-state index contributed by atoms with van der Waals surface area (Å²) >= 11 is 0. The second kappa shape index (κ2) is 15.5. The van der Waals surface area contributed by atoms with Gasteiger partial charge in [-0.15, -0.1) is 5.06 Å². The van der Waals surface area contributed by atoms with Crippen molar-refractivity contribution in [3.8, 4) is 17.2 Å². The third kappa shape index (κ3) is 11.4. The van der Waals surface area contributed by atoms with Crippen LogP contribution in [-0.4, -0.2) is 40.0 Å². The maximum absolute atomic E-state index is 13.1. The number of hydrogen-bond donors (Lipinski definition) is 0. The van der Waals surface area contributed by atoms with Crippen molar-refractivity contribution in [3.63, 3.8) is 0 Å². The highest BCUT2D eigenvalue weighted by molar-refractivity contribution is 5.72. The van der Waals surface area contributed by atoms with E-state index in [4.69, 9.17) is 23.5 Å². The summed E-state index contributed by atoms with van der Waals surface area (Å²) in [7, 11) is 0. The number of oxazole rings is 1. The molecule has 0 unspecified atom stereocenters. The minimum absolute atomic E-state index is 0.0350. The summed E-state index contributed by atoms with van der Waals surface area (Å²) in [4.78, 5) is 35.4. The predicted molar refractivity (Wildman–Crippen MR) is 181 cm³/mol. The van der Waals surface area contributed by atoms with Crippen molar-refractivity contribution in [2.75, 3.05) is 6.54 Å². The second-order valence-electron chi connectivity index (χ2n) is 13.4. The maximum Gasteiger partial charge on any atom is 0.534 e. The van der Waals surface area contributed by atoms with Crippen LogP contribution in [0.2, 0.25) is 0 Å². The predicted octanol–water partition coefficient (Wildman–Crippen LogP) is 9.98. The Morgan fingerprint density at radius 3 is 2.14 bits per heavy atom. The van der Waals surface area contributed by atoms with Gasteiger partial charge in [-0.2, -0.15) is 13.2 Å². The van der Waals surface area contributed by atoms with Gasteiger partial charge in [0, 0.05) is 5.56 Å². The number of halogens is 3. The molecule has 0 bridgehead atoms. The highest BCUT2D eigenvalue weighted by Gasteiger charge is 2.30. The average Bonchev–Trinajstić information content (AvgIpc) is 3.40. The van der Waals surface area contributed by atoms with Crippen LogP contribution in [0.3, 0.4) is 0 Å². The number of hydroxylamine groups is 2. The lowest BCUT2D eigenvalue weighted by Crippen LogP contribution is -2.40. The Balaban J connectivity index is 1.57. The largest absolute Gasteiger partial charge is 0.534 e. The van der Waals surface area contributed by atoms with Crippen molar-refractivity contribution < 1.29 is 46.2 Å². The van der Waals surface area contributed by atoms with Gasteiger partial charge in [0.25, 0.3) is 0 Å². The zero-order chi connectivity index (χ0) is 36.7. The van der Waals surface area contributed by atoms with Crippen LogP contribution in [0.25, 0.3) is 17.0 Å². The lowest BCUT2D eigenvalue weighted by Gasteiger charge is -2.27. The fourth-order valence-electron chi connectivity index (χ4n) is 4.55. The molecule has 0 saturated heterocycles. The lowest BCUT2D eigenvalue weighted by atomic mass is 9.97. The summed E-state index contributed by atoms with van der Waals surface area (Å²) in [5.74, 6) is 1.15. The molecule has 0 atom stereocenters. The molecular weight excluding hydrogens is 653 g/mol. The first-order valence-corrected chi connectivity index (χ1v) is 15.9. The summed E-state index contributed by atoms with van der Waals surface area (Å²) in [5.41, 5.74) is 0.992. The third-order valence-corrected chi connectivity index (χ3v) is 6.84. The Kier molecular flexibility index (Phi) is 11.7. The summed E-state index contributed by atoms with van der Waals surface area (Å²) < 4.78 is 61.5. The molecule has 266 valence electrons. The molecule has 50 heavy (non-hydrogen) atoms. The SMILES string of the molecule is Cc1oc(-c2ccc(C(F)(F)F)cc2)nc1COc1cccc(/C(=C/CN(OC(=O)OC(C)(C)C)C(=O)OC(C)(C)C)Cc2ccccc2)c1.